The van der Waals surface area contributed by atoms with Crippen molar-refractivity contribution in [1.29, 1.82) is 0 Å². The van der Waals surface area contributed by atoms with E-state index in [1.807, 2.05) is 20.8 Å². The zero-order valence-corrected chi connectivity index (χ0v) is 11.8. The first-order chi connectivity index (χ1) is 8.83. The molecule has 1 amide bonds. The number of carbonyl (C=O) groups excluding carboxylic acids is 1. The van der Waals surface area contributed by atoms with E-state index in [0.717, 1.165) is 0 Å². The van der Waals surface area contributed by atoms with Gasteiger partial charge in [0.15, 0.2) is 0 Å². The Labute approximate surface area is 116 Å². The number of hydrogen-bond donors (Lipinski definition) is 0. The molecule has 1 aliphatic heterocycles. The Kier molecular flexibility index (Phi) is 3.80. The van der Waals surface area contributed by atoms with E-state index in [-0.39, 0.29) is 18.2 Å². The molecule has 0 aliphatic carbocycles. The van der Waals surface area contributed by atoms with Crippen molar-refractivity contribution in [2.24, 2.45) is 0 Å². The number of halogens is 1. The van der Waals surface area contributed by atoms with E-state index in [1.54, 1.807) is 4.90 Å². The molecule has 0 unspecified atom stereocenters. The Morgan fingerprint density at radius 3 is 2.47 bits per heavy atom. The van der Waals surface area contributed by atoms with Crippen LogP contribution < -0.4 is 4.74 Å². The van der Waals surface area contributed by atoms with Gasteiger partial charge in [-0.05, 0) is 20.8 Å². The number of carbonyl (C=O) groups is 1. The van der Waals surface area contributed by atoms with Gasteiger partial charge in [-0.25, -0.2) is 14.8 Å². The van der Waals surface area contributed by atoms with E-state index in [9.17, 15) is 4.79 Å². The smallest absolute Gasteiger partial charge is 0.410 e. The lowest BCUT2D eigenvalue weighted by Crippen LogP contribution is -2.57. The van der Waals surface area contributed by atoms with Gasteiger partial charge in [-0.2, -0.15) is 0 Å². The monoisotopic (exact) mass is 285 g/mol. The van der Waals surface area contributed by atoms with Crippen LogP contribution in [0, 0.1) is 0 Å². The minimum atomic E-state index is -0.484. The molecule has 1 aliphatic rings. The topological polar surface area (TPSA) is 64.5 Å². The Bertz CT molecular complexity index is 452. The van der Waals surface area contributed by atoms with Crippen molar-refractivity contribution in [3.8, 4) is 6.01 Å². The van der Waals surface area contributed by atoms with Crippen molar-refractivity contribution in [3.05, 3.63) is 17.4 Å². The standard InChI is InChI=1S/C12H16ClN3O3/c1-12(2,3)19-11(17)16-6-9(7-16)18-10-14-4-8(13)5-15-10/h4-5,9H,6-7H2,1-3H3. The van der Waals surface area contributed by atoms with Crippen molar-refractivity contribution in [1.82, 2.24) is 14.9 Å². The molecule has 0 aromatic carbocycles. The molecule has 0 spiro atoms. The first-order valence-corrected chi connectivity index (χ1v) is 6.33. The molecule has 2 rings (SSSR count). The van der Waals surface area contributed by atoms with Crippen LogP contribution in [-0.4, -0.2) is 45.8 Å². The molecule has 1 aromatic rings. The second-order valence-corrected chi connectivity index (χ2v) is 5.75. The summed E-state index contributed by atoms with van der Waals surface area (Å²) >= 11 is 5.67. The maximum atomic E-state index is 11.7. The predicted molar refractivity (Wildman–Crippen MR) is 69.3 cm³/mol. The van der Waals surface area contributed by atoms with Crippen molar-refractivity contribution in [2.45, 2.75) is 32.5 Å². The van der Waals surface area contributed by atoms with Gasteiger partial charge in [-0.1, -0.05) is 11.6 Å². The average Bonchev–Trinajstić information content (AvgIpc) is 2.22. The van der Waals surface area contributed by atoms with Crippen LogP contribution in [0.1, 0.15) is 20.8 Å². The van der Waals surface area contributed by atoms with Gasteiger partial charge in [0, 0.05) is 0 Å². The summed E-state index contributed by atoms with van der Waals surface area (Å²) in [5, 5.41) is 0.455. The maximum absolute atomic E-state index is 11.7. The van der Waals surface area contributed by atoms with Crippen molar-refractivity contribution >= 4 is 17.7 Å². The van der Waals surface area contributed by atoms with Crippen molar-refractivity contribution < 1.29 is 14.3 Å². The zero-order valence-electron chi connectivity index (χ0n) is 11.1. The van der Waals surface area contributed by atoms with Crippen LogP contribution in [0.3, 0.4) is 0 Å². The normalized spacial score (nSPS) is 15.9. The second-order valence-electron chi connectivity index (χ2n) is 5.31. The Morgan fingerprint density at radius 1 is 1.37 bits per heavy atom. The highest BCUT2D eigenvalue weighted by Crippen LogP contribution is 2.18. The third-order valence-electron chi connectivity index (χ3n) is 2.37. The summed E-state index contributed by atoms with van der Waals surface area (Å²) in [5.41, 5.74) is -0.484. The molecule has 0 bridgehead atoms. The molecule has 1 saturated heterocycles. The minimum absolute atomic E-state index is 0.103. The average molecular weight is 286 g/mol. The van der Waals surface area contributed by atoms with Gasteiger partial charge in [-0.3, -0.25) is 0 Å². The van der Waals surface area contributed by atoms with Crippen molar-refractivity contribution in [2.75, 3.05) is 13.1 Å². The third-order valence-corrected chi connectivity index (χ3v) is 2.56. The molecule has 0 N–H and O–H groups in total. The van der Waals surface area contributed by atoms with E-state index in [4.69, 9.17) is 21.1 Å². The maximum Gasteiger partial charge on any atom is 0.410 e. The number of ether oxygens (including phenoxy) is 2. The van der Waals surface area contributed by atoms with Crippen LogP contribution in [0.25, 0.3) is 0 Å². The number of hydrogen-bond acceptors (Lipinski definition) is 5. The number of rotatable bonds is 2. The van der Waals surface area contributed by atoms with Gasteiger partial charge < -0.3 is 14.4 Å². The molecular weight excluding hydrogens is 270 g/mol. The van der Waals surface area contributed by atoms with Crippen LogP contribution >= 0.6 is 11.6 Å². The molecule has 1 aromatic heterocycles. The van der Waals surface area contributed by atoms with Gasteiger partial charge in [0.1, 0.15) is 11.7 Å². The molecule has 1 fully saturated rings. The molecule has 104 valence electrons. The van der Waals surface area contributed by atoms with Crippen LogP contribution in [0.2, 0.25) is 5.02 Å². The number of aromatic nitrogens is 2. The lowest BCUT2D eigenvalue weighted by molar-refractivity contribution is -0.0244. The highest BCUT2D eigenvalue weighted by Gasteiger charge is 2.35. The largest absolute Gasteiger partial charge is 0.456 e. The molecule has 0 atom stereocenters. The predicted octanol–water partition coefficient (Wildman–Crippen LogP) is 2.13. The van der Waals surface area contributed by atoms with E-state index in [0.29, 0.717) is 18.1 Å². The summed E-state index contributed by atoms with van der Waals surface area (Å²) in [6, 6.07) is 0.262. The van der Waals surface area contributed by atoms with Gasteiger partial charge in [0.2, 0.25) is 0 Å². The highest BCUT2D eigenvalue weighted by atomic mass is 35.5. The fourth-order valence-electron chi connectivity index (χ4n) is 1.50. The van der Waals surface area contributed by atoms with E-state index in [1.165, 1.54) is 12.4 Å². The van der Waals surface area contributed by atoms with Crippen LogP contribution in [-0.2, 0) is 4.74 Å². The Hall–Kier alpha value is -1.56. The first-order valence-electron chi connectivity index (χ1n) is 5.95. The molecule has 0 saturated carbocycles. The molecule has 0 radical (unpaired) electrons. The van der Waals surface area contributed by atoms with Crippen LogP contribution in [0.4, 0.5) is 4.79 Å². The summed E-state index contributed by atoms with van der Waals surface area (Å²) in [6.07, 6.45) is 2.50. The molecule has 7 heteroatoms. The molecule has 19 heavy (non-hydrogen) atoms. The lowest BCUT2D eigenvalue weighted by Gasteiger charge is -2.38. The van der Waals surface area contributed by atoms with Gasteiger partial charge in [0.25, 0.3) is 0 Å². The molecular formula is C12H16ClN3O3. The van der Waals surface area contributed by atoms with Crippen LogP contribution in [0.5, 0.6) is 6.01 Å². The zero-order chi connectivity index (χ0) is 14.0. The SMILES string of the molecule is CC(C)(C)OC(=O)N1CC(Oc2ncc(Cl)cn2)C1. The fourth-order valence-corrected chi connectivity index (χ4v) is 1.60. The highest BCUT2D eigenvalue weighted by molar-refractivity contribution is 6.30. The summed E-state index contributed by atoms with van der Waals surface area (Å²) in [6.45, 7) is 6.45. The van der Waals surface area contributed by atoms with Gasteiger partial charge in [-0.15, -0.1) is 0 Å². The molecule has 2 heterocycles. The Balaban J connectivity index is 1.77. The van der Waals surface area contributed by atoms with Crippen LogP contribution in [0.15, 0.2) is 12.4 Å². The van der Waals surface area contributed by atoms with E-state index in [2.05, 4.69) is 9.97 Å². The number of amides is 1. The van der Waals surface area contributed by atoms with Gasteiger partial charge in [0.05, 0.1) is 30.5 Å². The lowest BCUT2D eigenvalue weighted by atomic mass is 10.2. The quantitative estimate of drug-likeness (QED) is 0.833. The fraction of sp³-hybridized carbons (Fsp3) is 0.583. The second kappa shape index (κ2) is 5.21. The number of nitrogens with zero attached hydrogens (tertiary/aromatic N) is 3. The first kappa shape index (κ1) is 13.9. The van der Waals surface area contributed by atoms with Gasteiger partial charge >= 0.3 is 12.1 Å². The number of likely N-dealkylation sites (tertiary alicyclic amines) is 1. The minimum Gasteiger partial charge on any atom is -0.456 e. The molecule has 6 nitrogen and oxygen atoms in total. The summed E-state index contributed by atoms with van der Waals surface area (Å²) in [7, 11) is 0. The Morgan fingerprint density at radius 2 is 1.95 bits per heavy atom. The van der Waals surface area contributed by atoms with E-state index < -0.39 is 5.60 Å². The summed E-state index contributed by atoms with van der Waals surface area (Å²) in [4.78, 5) is 21.1. The van der Waals surface area contributed by atoms with Crippen molar-refractivity contribution in [3.63, 3.8) is 0 Å². The summed E-state index contributed by atoms with van der Waals surface area (Å²) in [5.74, 6) is 0. The third kappa shape index (κ3) is 3.96. The van der Waals surface area contributed by atoms with E-state index >= 15 is 0 Å². The summed E-state index contributed by atoms with van der Waals surface area (Å²) < 4.78 is 10.7.